The number of aromatic nitrogens is 4. The van der Waals surface area contributed by atoms with E-state index in [1.54, 1.807) is 19.3 Å². The Morgan fingerprint density at radius 1 is 1.39 bits per heavy atom. The summed E-state index contributed by atoms with van der Waals surface area (Å²) in [4.78, 5) is 17.1. The summed E-state index contributed by atoms with van der Waals surface area (Å²) in [6.45, 7) is 4.28. The molecule has 3 aromatic rings. The van der Waals surface area contributed by atoms with E-state index < -0.39 is 5.97 Å². The third-order valence-corrected chi connectivity index (χ3v) is 7.95. The van der Waals surface area contributed by atoms with Crippen molar-refractivity contribution in [1.82, 2.24) is 19.7 Å². The first-order valence-corrected chi connectivity index (χ1v) is 12.8. The number of carbonyl (C=O) groups excluding carboxylic acids is 1. The van der Waals surface area contributed by atoms with E-state index in [2.05, 4.69) is 32.7 Å². The highest BCUT2D eigenvalue weighted by Gasteiger charge is 2.30. The predicted octanol–water partition coefficient (Wildman–Crippen LogP) is 5.08. The van der Waals surface area contributed by atoms with Gasteiger partial charge in [0.25, 0.3) is 0 Å². The number of thiophene rings is 1. The third-order valence-electron chi connectivity index (χ3n) is 5.93. The summed E-state index contributed by atoms with van der Waals surface area (Å²) >= 11 is 2.56. The molecule has 0 radical (unpaired) electrons. The van der Waals surface area contributed by atoms with Crippen LogP contribution in [0.2, 0.25) is 0 Å². The van der Waals surface area contributed by atoms with Crippen molar-refractivity contribution in [2.75, 3.05) is 12.3 Å². The Bertz CT molecular complexity index is 1170. The number of nitriles is 1. The van der Waals surface area contributed by atoms with Gasteiger partial charge in [-0.15, -0.1) is 21.5 Å². The van der Waals surface area contributed by atoms with Crippen molar-refractivity contribution in [1.29, 1.82) is 5.26 Å². The normalized spacial score (nSPS) is 18.1. The van der Waals surface area contributed by atoms with Gasteiger partial charge in [0.15, 0.2) is 11.0 Å². The number of esters is 1. The molecule has 1 aliphatic rings. The summed E-state index contributed by atoms with van der Waals surface area (Å²) in [5, 5.41) is 19.8. The zero-order valence-corrected chi connectivity index (χ0v) is 20.3. The summed E-state index contributed by atoms with van der Waals surface area (Å²) in [6.07, 6.45) is 8.15. The molecule has 4 rings (SSSR count). The van der Waals surface area contributed by atoms with E-state index in [0.717, 1.165) is 47.1 Å². The van der Waals surface area contributed by atoms with Gasteiger partial charge in [-0.1, -0.05) is 31.5 Å². The van der Waals surface area contributed by atoms with Gasteiger partial charge in [0.1, 0.15) is 15.9 Å². The van der Waals surface area contributed by atoms with Crippen LogP contribution in [0.4, 0.5) is 5.00 Å². The molecule has 0 spiro atoms. The molecule has 33 heavy (non-hydrogen) atoms. The van der Waals surface area contributed by atoms with Gasteiger partial charge >= 0.3 is 5.97 Å². The highest BCUT2D eigenvalue weighted by atomic mass is 32.2. The first-order chi connectivity index (χ1) is 16.0. The third kappa shape index (κ3) is 4.75. The molecule has 0 saturated heterocycles. The lowest BCUT2D eigenvalue weighted by atomic mass is 9.85. The molecule has 2 N–H and O–H groups in total. The highest BCUT2D eigenvalue weighted by Crippen LogP contribution is 2.41. The number of rotatable bonds is 7. The Morgan fingerprint density at radius 3 is 2.91 bits per heavy atom. The summed E-state index contributed by atoms with van der Waals surface area (Å²) in [7, 11) is 0. The van der Waals surface area contributed by atoms with Gasteiger partial charge < -0.3 is 10.5 Å². The Balaban J connectivity index is 1.71. The molecule has 1 aliphatic carbocycles. The van der Waals surface area contributed by atoms with Gasteiger partial charge in [-0.25, -0.2) is 4.79 Å². The minimum atomic E-state index is -0.454. The molecular weight excluding hydrogens is 456 g/mol. The number of nitrogens with zero attached hydrogens (tertiary/aromatic N) is 5. The smallest absolute Gasteiger partial charge is 0.348 e. The molecule has 1 saturated carbocycles. The number of pyridine rings is 1. The fourth-order valence-corrected chi connectivity index (χ4v) is 6.33. The topological polar surface area (TPSA) is 120 Å². The lowest BCUT2D eigenvalue weighted by molar-refractivity contribution is 0.0531. The second-order valence-electron chi connectivity index (χ2n) is 8.02. The van der Waals surface area contributed by atoms with E-state index in [1.165, 1.54) is 18.2 Å². The maximum absolute atomic E-state index is 12.5. The molecule has 8 nitrogen and oxygen atoms in total. The van der Waals surface area contributed by atoms with Crippen LogP contribution in [0.25, 0.3) is 11.4 Å². The maximum atomic E-state index is 12.5. The number of hydrogen-bond donors (Lipinski definition) is 1. The number of ether oxygens (including phenoxy) is 1. The van der Waals surface area contributed by atoms with Crippen LogP contribution in [0.15, 0.2) is 29.7 Å². The van der Waals surface area contributed by atoms with Crippen LogP contribution >= 0.6 is 23.1 Å². The second-order valence-corrected chi connectivity index (χ2v) is 10.0. The average Bonchev–Trinajstić information content (AvgIpc) is 3.39. The first kappa shape index (κ1) is 23.3. The summed E-state index contributed by atoms with van der Waals surface area (Å²) in [6, 6.07) is 6.30. The molecule has 0 unspecified atom stereocenters. The first-order valence-electron chi connectivity index (χ1n) is 11.0. The molecule has 2 atom stereocenters. The molecule has 1 fully saturated rings. The van der Waals surface area contributed by atoms with E-state index in [-0.39, 0.29) is 12.6 Å². The van der Waals surface area contributed by atoms with Crippen molar-refractivity contribution in [2.45, 2.75) is 56.5 Å². The average molecular weight is 483 g/mol. The zero-order chi connectivity index (χ0) is 23.4. The van der Waals surface area contributed by atoms with Gasteiger partial charge in [-0.05, 0) is 37.8 Å². The Hall–Kier alpha value is -2.90. The second kappa shape index (κ2) is 10.4. The van der Waals surface area contributed by atoms with Crippen LogP contribution in [-0.4, -0.2) is 32.3 Å². The fraction of sp³-hybridized carbons (Fsp3) is 0.435. The Morgan fingerprint density at radius 2 is 2.21 bits per heavy atom. The Kier molecular flexibility index (Phi) is 7.30. The number of nitrogen functional groups attached to an aromatic ring is 1. The van der Waals surface area contributed by atoms with Crippen LogP contribution in [0.1, 0.15) is 66.4 Å². The summed E-state index contributed by atoms with van der Waals surface area (Å²) in [5.74, 6) is 1.20. The highest BCUT2D eigenvalue weighted by molar-refractivity contribution is 7.98. The van der Waals surface area contributed by atoms with Crippen LogP contribution in [-0.2, 0) is 10.5 Å². The van der Waals surface area contributed by atoms with Crippen molar-refractivity contribution < 1.29 is 9.53 Å². The molecule has 0 bridgehead atoms. The van der Waals surface area contributed by atoms with E-state index >= 15 is 0 Å². The molecule has 0 amide bonds. The van der Waals surface area contributed by atoms with Gasteiger partial charge in [-0.3, -0.25) is 9.55 Å². The van der Waals surface area contributed by atoms with E-state index in [0.29, 0.717) is 32.7 Å². The van der Waals surface area contributed by atoms with Crippen molar-refractivity contribution in [3.63, 3.8) is 0 Å². The number of carbonyl (C=O) groups is 1. The summed E-state index contributed by atoms with van der Waals surface area (Å²) < 4.78 is 7.41. The predicted molar refractivity (Wildman–Crippen MR) is 129 cm³/mol. The van der Waals surface area contributed by atoms with Crippen LogP contribution in [0, 0.1) is 17.2 Å². The minimum absolute atomic E-state index is 0.257. The van der Waals surface area contributed by atoms with Gasteiger partial charge in [0.2, 0.25) is 0 Å². The minimum Gasteiger partial charge on any atom is -0.462 e. The molecule has 3 aromatic heterocycles. The SMILES string of the molecule is CCOC(=O)c1sc(N)c(C#N)c1CSc1nnc(-c2cccnc2)n1[C@@H]1CCCC[C@@H]1C. The maximum Gasteiger partial charge on any atom is 0.348 e. The number of thioether (sulfide) groups is 1. The van der Waals surface area contributed by atoms with Gasteiger partial charge in [0, 0.05) is 35.3 Å². The molecule has 3 heterocycles. The number of hydrogen-bond acceptors (Lipinski definition) is 9. The van der Waals surface area contributed by atoms with Gasteiger partial charge in [-0.2, -0.15) is 5.26 Å². The van der Waals surface area contributed by atoms with Crippen molar-refractivity contribution in [2.24, 2.45) is 5.92 Å². The molecule has 0 aromatic carbocycles. The monoisotopic (exact) mass is 482 g/mol. The molecule has 172 valence electrons. The lowest BCUT2D eigenvalue weighted by Crippen LogP contribution is -2.22. The number of nitrogens with two attached hydrogens (primary N) is 1. The fourth-order valence-electron chi connectivity index (χ4n) is 4.29. The quantitative estimate of drug-likeness (QED) is 0.366. The zero-order valence-electron chi connectivity index (χ0n) is 18.7. The van der Waals surface area contributed by atoms with Crippen LogP contribution in [0.5, 0.6) is 0 Å². The largest absolute Gasteiger partial charge is 0.462 e. The number of anilines is 1. The van der Waals surface area contributed by atoms with Crippen molar-refractivity contribution in [3.05, 3.63) is 40.5 Å². The molecule has 0 aliphatic heterocycles. The summed E-state index contributed by atoms with van der Waals surface area (Å²) in [5.41, 5.74) is 7.88. The molecule has 10 heteroatoms. The van der Waals surface area contributed by atoms with Crippen molar-refractivity contribution >= 4 is 34.1 Å². The molecular formula is C23H26N6O2S2. The van der Waals surface area contributed by atoms with E-state index in [4.69, 9.17) is 10.5 Å². The van der Waals surface area contributed by atoms with E-state index in [9.17, 15) is 10.1 Å². The van der Waals surface area contributed by atoms with E-state index in [1.807, 2.05) is 12.1 Å². The lowest BCUT2D eigenvalue weighted by Gasteiger charge is -2.31. The van der Waals surface area contributed by atoms with Crippen LogP contribution in [0.3, 0.4) is 0 Å². The Labute approximate surface area is 201 Å². The van der Waals surface area contributed by atoms with Gasteiger partial charge in [0.05, 0.1) is 12.2 Å². The van der Waals surface area contributed by atoms with Crippen molar-refractivity contribution in [3.8, 4) is 17.5 Å². The standard InChI is InChI=1S/C23H26N6O2S2/c1-3-31-22(30)19-17(16(11-24)20(25)33-19)13-32-23-28-27-21(15-8-6-10-26-12-15)29(23)18-9-5-4-7-14(18)2/h6,8,10,12,14,18H,3-5,7,9,13,25H2,1-2H3/t14-,18+/m0/s1. The van der Waals surface area contributed by atoms with Crippen LogP contribution < -0.4 is 5.73 Å².